The van der Waals surface area contributed by atoms with E-state index in [2.05, 4.69) is 5.32 Å². The van der Waals surface area contributed by atoms with Gasteiger partial charge in [-0.25, -0.2) is 4.79 Å². The van der Waals surface area contributed by atoms with Gasteiger partial charge in [-0.15, -0.1) is 0 Å². The Morgan fingerprint density at radius 3 is 2.76 bits per heavy atom. The highest BCUT2D eigenvalue weighted by Gasteiger charge is 2.02. The van der Waals surface area contributed by atoms with Crippen LogP contribution in [0.2, 0.25) is 0 Å². The molecule has 0 bridgehead atoms. The van der Waals surface area contributed by atoms with Crippen LogP contribution in [0.3, 0.4) is 0 Å². The van der Waals surface area contributed by atoms with Gasteiger partial charge >= 0.3 is 6.09 Å². The molecule has 0 aliphatic carbocycles. The van der Waals surface area contributed by atoms with Crippen LogP contribution in [0, 0.1) is 0 Å². The highest BCUT2D eigenvalue weighted by molar-refractivity contribution is 7.99. The number of rotatable bonds is 7. The van der Waals surface area contributed by atoms with E-state index in [9.17, 15) is 4.79 Å². The monoisotopic (exact) mass is 255 g/mol. The second-order valence-corrected chi connectivity index (χ2v) is 4.54. The van der Waals surface area contributed by atoms with Crippen molar-refractivity contribution in [3.63, 3.8) is 0 Å². The average Bonchev–Trinajstić information content (AvgIpc) is 2.35. The highest BCUT2D eigenvalue weighted by atomic mass is 32.2. The van der Waals surface area contributed by atoms with Crippen molar-refractivity contribution in [3.05, 3.63) is 30.3 Å². The summed E-state index contributed by atoms with van der Waals surface area (Å²) in [6.45, 7) is 0.790. The van der Waals surface area contributed by atoms with Crippen molar-refractivity contribution in [2.75, 3.05) is 24.7 Å². The second-order valence-electron chi connectivity index (χ2n) is 3.32. The first-order valence-electron chi connectivity index (χ1n) is 5.52. The van der Waals surface area contributed by atoms with Crippen LogP contribution >= 0.6 is 11.8 Å². The van der Waals surface area contributed by atoms with Crippen LogP contribution in [-0.4, -0.2) is 35.9 Å². The lowest BCUT2D eigenvalue weighted by molar-refractivity contribution is 0.201. The number of hydrogen-bond acceptors (Lipinski definition) is 4. The molecule has 0 aliphatic rings. The molecule has 0 radical (unpaired) electrons. The summed E-state index contributed by atoms with van der Waals surface area (Å²) in [5, 5.41) is 11.2. The van der Waals surface area contributed by atoms with Gasteiger partial charge in [0.2, 0.25) is 0 Å². The summed E-state index contributed by atoms with van der Waals surface area (Å²) in [6.07, 6.45) is 0.359. The lowest BCUT2D eigenvalue weighted by Crippen LogP contribution is -2.28. The summed E-state index contributed by atoms with van der Waals surface area (Å²) >= 11 is 1.70. The molecule has 4 nitrogen and oxygen atoms in total. The minimum Gasteiger partial charge on any atom is -0.410 e. The number of aliphatic hydroxyl groups excluding tert-OH is 1. The molecule has 1 rings (SSSR count). The molecular weight excluding hydrogens is 238 g/mol. The maximum absolute atomic E-state index is 11.3. The number of carbonyl (C=O) groups excluding carboxylic acids is 1. The molecule has 1 aromatic rings. The third-order valence-electron chi connectivity index (χ3n) is 1.92. The van der Waals surface area contributed by atoms with Gasteiger partial charge in [-0.2, -0.15) is 11.8 Å². The Labute approximate surface area is 105 Å². The summed E-state index contributed by atoms with van der Waals surface area (Å²) in [6, 6.07) is 8.95. The van der Waals surface area contributed by atoms with Crippen molar-refractivity contribution in [3.8, 4) is 5.75 Å². The highest BCUT2D eigenvalue weighted by Crippen LogP contribution is 2.08. The van der Waals surface area contributed by atoms with Crippen LogP contribution in [0.4, 0.5) is 4.79 Å². The van der Waals surface area contributed by atoms with Gasteiger partial charge in [0.05, 0.1) is 0 Å². The molecule has 0 aliphatic heterocycles. The number of carbonyl (C=O) groups is 1. The minimum absolute atomic E-state index is 0.219. The molecule has 0 saturated carbocycles. The SMILES string of the molecule is O=C(NCCSCCCO)Oc1ccccc1. The molecule has 0 fully saturated rings. The molecule has 1 aromatic carbocycles. The van der Waals surface area contributed by atoms with E-state index >= 15 is 0 Å². The quantitative estimate of drug-likeness (QED) is 0.730. The standard InChI is InChI=1S/C12H17NO3S/c14-8-4-9-17-10-7-13-12(15)16-11-5-2-1-3-6-11/h1-3,5-6,14H,4,7-10H2,(H,13,15). The summed E-state index contributed by atoms with van der Waals surface area (Å²) in [4.78, 5) is 11.3. The molecule has 5 heteroatoms. The van der Waals surface area contributed by atoms with Gasteiger partial charge in [0.15, 0.2) is 0 Å². The first kappa shape index (κ1) is 13.9. The predicted molar refractivity (Wildman–Crippen MR) is 69.5 cm³/mol. The molecule has 0 unspecified atom stereocenters. The van der Waals surface area contributed by atoms with Gasteiger partial charge in [0, 0.05) is 18.9 Å². The minimum atomic E-state index is -0.432. The molecule has 17 heavy (non-hydrogen) atoms. The van der Waals surface area contributed by atoms with Crippen molar-refractivity contribution >= 4 is 17.9 Å². The number of aliphatic hydroxyl groups is 1. The summed E-state index contributed by atoms with van der Waals surface area (Å²) in [5.74, 6) is 2.27. The molecule has 0 atom stereocenters. The number of ether oxygens (including phenoxy) is 1. The molecule has 0 spiro atoms. The molecule has 0 aromatic heterocycles. The normalized spacial score (nSPS) is 9.94. The second kappa shape index (κ2) is 8.90. The molecule has 0 heterocycles. The maximum atomic E-state index is 11.3. The molecule has 94 valence electrons. The third-order valence-corrected chi connectivity index (χ3v) is 2.99. The smallest absolute Gasteiger partial charge is 0.410 e. The topological polar surface area (TPSA) is 58.6 Å². The third kappa shape index (κ3) is 6.86. The van der Waals surface area contributed by atoms with E-state index in [1.54, 1.807) is 23.9 Å². The Morgan fingerprint density at radius 2 is 2.06 bits per heavy atom. The van der Waals surface area contributed by atoms with E-state index in [1.807, 2.05) is 18.2 Å². The zero-order valence-electron chi connectivity index (χ0n) is 9.59. The van der Waals surface area contributed by atoms with Crippen molar-refractivity contribution in [2.45, 2.75) is 6.42 Å². The van der Waals surface area contributed by atoms with Gasteiger partial charge < -0.3 is 15.2 Å². The fourth-order valence-electron chi connectivity index (χ4n) is 1.13. The van der Waals surface area contributed by atoms with Gasteiger partial charge in [-0.1, -0.05) is 18.2 Å². The lowest BCUT2D eigenvalue weighted by Gasteiger charge is -2.06. The molecule has 0 saturated heterocycles. The Bertz CT molecular complexity index is 319. The number of amides is 1. The zero-order chi connectivity index (χ0) is 12.3. The van der Waals surface area contributed by atoms with Gasteiger partial charge in [-0.3, -0.25) is 0 Å². The number of hydrogen-bond donors (Lipinski definition) is 2. The van der Waals surface area contributed by atoms with Crippen molar-refractivity contribution < 1.29 is 14.6 Å². The van der Waals surface area contributed by atoms with E-state index in [0.29, 0.717) is 12.3 Å². The Hall–Kier alpha value is -1.20. The fourth-order valence-corrected chi connectivity index (χ4v) is 1.91. The van der Waals surface area contributed by atoms with Crippen LogP contribution in [0.5, 0.6) is 5.75 Å². The molecule has 1 amide bonds. The first-order valence-corrected chi connectivity index (χ1v) is 6.67. The number of thioether (sulfide) groups is 1. The van der Waals surface area contributed by atoms with E-state index in [0.717, 1.165) is 17.9 Å². The zero-order valence-corrected chi connectivity index (χ0v) is 10.4. The number of nitrogens with one attached hydrogen (secondary N) is 1. The average molecular weight is 255 g/mol. The van der Waals surface area contributed by atoms with E-state index < -0.39 is 6.09 Å². The van der Waals surface area contributed by atoms with Crippen LogP contribution in [-0.2, 0) is 0 Å². The number of benzene rings is 1. The summed E-state index contributed by atoms with van der Waals surface area (Å²) < 4.78 is 5.04. The summed E-state index contributed by atoms with van der Waals surface area (Å²) in [5.41, 5.74) is 0. The van der Waals surface area contributed by atoms with Crippen LogP contribution in [0.15, 0.2) is 30.3 Å². The largest absolute Gasteiger partial charge is 0.412 e. The fraction of sp³-hybridized carbons (Fsp3) is 0.417. The Kier molecular flexibility index (Phi) is 7.25. The summed E-state index contributed by atoms with van der Waals surface area (Å²) in [7, 11) is 0. The lowest BCUT2D eigenvalue weighted by atomic mass is 10.3. The van der Waals surface area contributed by atoms with Crippen LogP contribution < -0.4 is 10.1 Å². The van der Waals surface area contributed by atoms with Crippen LogP contribution in [0.25, 0.3) is 0 Å². The van der Waals surface area contributed by atoms with Crippen molar-refractivity contribution in [2.24, 2.45) is 0 Å². The van der Waals surface area contributed by atoms with E-state index in [1.165, 1.54) is 0 Å². The van der Waals surface area contributed by atoms with Crippen molar-refractivity contribution in [1.29, 1.82) is 0 Å². The Morgan fingerprint density at radius 1 is 1.29 bits per heavy atom. The van der Waals surface area contributed by atoms with Gasteiger partial charge in [0.25, 0.3) is 0 Å². The number of para-hydroxylation sites is 1. The van der Waals surface area contributed by atoms with Crippen LogP contribution in [0.1, 0.15) is 6.42 Å². The predicted octanol–water partition coefficient (Wildman–Crippen LogP) is 1.89. The maximum Gasteiger partial charge on any atom is 0.412 e. The van der Waals surface area contributed by atoms with E-state index in [-0.39, 0.29) is 6.61 Å². The molecule has 2 N–H and O–H groups in total. The first-order chi connectivity index (χ1) is 8.33. The van der Waals surface area contributed by atoms with Gasteiger partial charge in [0.1, 0.15) is 5.75 Å². The van der Waals surface area contributed by atoms with E-state index in [4.69, 9.17) is 9.84 Å². The van der Waals surface area contributed by atoms with Gasteiger partial charge in [-0.05, 0) is 24.3 Å². The molecular formula is C12H17NO3S. The Balaban J connectivity index is 2.06. The van der Waals surface area contributed by atoms with Crippen molar-refractivity contribution in [1.82, 2.24) is 5.32 Å².